The lowest BCUT2D eigenvalue weighted by molar-refractivity contribution is -0.686. The molecule has 0 saturated heterocycles. The molecule has 146 valence electrons. The minimum absolute atomic E-state index is 0.461. The molecular formula is C26H25ClNO+. The van der Waals surface area contributed by atoms with E-state index in [9.17, 15) is 0 Å². The average molecular weight is 403 g/mol. The molecule has 2 nitrogen and oxygen atoms in total. The molecule has 0 amide bonds. The van der Waals surface area contributed by atoms with Gasteiger partial charge in [-0.1, -0.05) is 90.0 Å². The third kappa shape index (κ3) is 4.79. The summed E-state index contributed by atoms with van der Waals surface area (Å²) in [4.78, 5) is 0. The van der Waals surface area contributed by atoms with Gasteiger partial charge in [0.1, 0.15) is 25.4 Å². The summed E-state index contributed by atoms with van der Waals surface area (Å²) in [5.41, 5.74) is 4.84. The number of benzene rings is 4. The van der Waals surface area contributed by atoms with Crippen LogP contribution in [0.5, 0.6) is 5.75 Å². The van der Waals surface area contributed by atoms with Gasteiger partial charge in [-0.2, -0.15) is 0 Å². The van der Waals surface area contributed by atoms with Crippen LogP contribution in [0.2, 0.25) is 5.02 Å². The van der Waals surface area contributed by atoms with Crippen LogP contribution in [-0.4, -0.2) is 0 Å². The fourth-order valence-corrected chi connectivity index (χ4v) is 3.73. The SMILES string of the molecule is Cc1ccc(C[NH2+]Cc2c(OCc3ccccc3Cl)ccc3ccccc23)cc1. The lowest BCUT2D eigenvalue weighted by Crippen LogP contribution is -2.80. The highest BCUT2D eigenvalue weighted by atomic mass is 35.5. The summed E-state index contributed by atoms with van der Waals surface area (Å²) in [7, 11) is 0. The molecule has 0 aromatic heterocycles. The summed E-state index contributed by atoms with van der Waals surface area (Å²) in [6, 6.07) is 29.2. The number of halogens is 1. The topological polar surface area (TPSA) is 25.8 Å². The zero-order chi connectivity index (χ0) is 20.1. The standard InChI is InChI=1S/C26H24ClNO/c1-19-10-12-20(13-11-19)16-28-17-24-23-8-4-2-6-21(23)14-15-26(24)29-18-22-7-3-5-9-25(22)27/h2-15,28H,16-18H2,1H3/p+1. The monoisotopic (exact) mass is 402 g/mol. The highest BCUT2D eigenvalue weighted by molar-refractivity contribution is 6.31. The van der Waals surface area contributed by atoms with E-state index in [0.29, 0.717) is 6.61 Å². The highest BCUT2D eigenvalue weighted by Gasteiger charge is 2.12. The fourth-order valence-electron chi connectivity index (χ4n) is 3.54. The zero-order valence-corrected chi connectivity index (χ0v) is 17.3. The number of nitrogens with two attached hydrogens (primary N) is 1. The molecule has 0 atom stereocenters. The Bertz CT molecular complexity index is 1110. The van der Waals surface area contributed by atoms with Gasteiger partial charge in [0, 0.05) is 16.1 Å². The zero-order valence-electron chi connectivity index (χ0n) is 16.6. The van der Waals surface area contributed by atoms with Crippen molar-refractivity contribution in [3.63, 3.8) is 0 Å². The predicted octanol–water partition coefficient (Wildman–Crippen LogP) is 5.64. The molecule has 0 aliphatic carbocycles. The molecule has 0 fully saturated rings. The van der Waals surface area contributed by atoms with Crippen LogP contribution in [0.25, 0.3) is 10.8 Å². The molecule has 0 heterocycles. The van der Waals surface area contributed by atoms with Gasteiger partial charge in [0.2, 0.25) is 0 Å². The first-order chi connectivity index (χ1) is 14.2. The van der Waals surface area contributed by atoms with E-state index in [0.717, 1.165) is 29.4 Å². The molecule has 0 spiro atoms. The first kappa shape index (κ1) is 19.5. The van der Waals surface area contributed by atoms with E-state index < -0.39 is 0 Å². The van der Waals surface area contributed by atoms with Crippen molar-refractivity contribution in [2.24, 2.45) is 0 Å². The van der Waals surface area contributed by atoms with Crippen molar-refractivity contribution in [3.8, 4) is 5.75 Å². The van der Waals surface area contributed by atoms with Crippen LogP contribution in [0.4, 0.5) is 0 Å². The van der Waals surface area contributed by atoms with Crippen LogP contribution in [0, 0.1) is 6.92 Å². The van der Waals surface area contributed by atoms with Gasteiger partial charge in [-0.15, -0.1) is 0 Å². The summed E-state index contributed by atoms with van der Waals surface area (Å²) in [5, 5.41) is 5.54. The molecule has 0 aliphatic rings. The van der Waals surface area contributed by atoms with Crippen molar-refractivity contribution in [1.82, 2.24) is 0 Å². The minimum atomic E-state index is 0.461. The van der Waals surface area contributed by atoms with Crippen molar-refractivity contribution in [2.45, 2.75) is 26.6 Å². The Hall–Kier alpha value is -2.81. The van der Waals surface area contributed by atoms with Crippen LogP contribution in [0.1, 0.15) is 22.3 Å². The molecule has 3 heteroatoms. The molecule has 4 aromatic carbocycles. The van der Waals surface area contributed by atoms with E-state index in [1.807, 2.05) is 24.3 Å². The van der Waals surface area contributed by atoms with Crippen LogP contribution >= 0.6 is 11.6 Å². The summed E-state index contributed by atoms with van der Waals surface area (Å²) < 4.78 is 6.23. The molecule has 0 aliphatic heterocycles. The fraction of sp³-hybridized carbons (Fsp3) is 0.154. The maximum absolute atomic E-state index is 6.30. The lowest BCUT2D eigenvalue weighted by atomic mass is 10.0. The smallest absolute Gasteiger partial charge is 0.129 e. The first-order valence-electron chi connectivity index (χ1n) is 9.95. The Morgan fingerprint density at radius 2 is 1.55 bits per heavy atom. The largest absolute Gasteiger partial charge is 0.488 e. The second-order valence-electron chi connectivity index (χ2n) is 7.33. The van der Waals surface area contributed by atoms with Crippen LogP contribution in [0.3, 0.4) is 0 Å². The van der Waals surface area contributed by atoms with Gasteiger partial charge < -0.3 is 10.1 Å². The summed E-state index contributed by atoms with van der Waals surface area (Å²) >= 11 is 6.30. The van der Waals surface area contributed by atoms with E-state index in [4.69, 9.17) is 16.3 Å². The van der Waals surface area contributed by atoms with Crippen LogP contribution in [-0.2, 0) is 19.7 Å². The van der Waals surface area contributed by atoms with Crippen molar-refractivity contribution in [2.75, 3.05) is 0 Å². The Labute approximate surface area is 177 Å². The van der Waals surface area contributed by atoms with Crippen molar-refractivity contribution in [1.29, 1.82) is 0 Å². The Balaban J connectivity index is 1.55. The Morgan fingerprint density at radius 1 is 0.793 bits per heavy atom. The lowest BCUT2D eigenvalue weighted by Gasteiger charge is -2.14. The van der Waals surface area contributed by atoms with Gasteiger partial charge in [0.25, 0.3) is 0 Å². The molecule has 0 radical (unpaired) electrons. The second-order valence-corrected chi connectivity index (χ2v) is 7.73. The summed E-state index contributed by atoms with van der Waals surface area (Å²) in [5.74, 6) is 0.920. The molecule has 0 saturated carbocycles. The second kappa shape index (κ2) is 9.13. The number of rotatable bonds is 7. The van der Waals surface area contributed by atoms with Gasteiger partial charge in [0.05, 0.1) is 5.56 Å². The van der Waals surface area contributed by atoms with Crippen molar-refractivity contribution < 1.29 is 10.1 Å². The molecule has 0 unspecified atom stereocenters. The first-order valence-corrected chi connectivity index (χ1v) is 10.3. The van der Waals surface area contributed by atoms with Crippen LogP contribution in [0.15, 0.2) is 84.9 Å². The molecule has 4 aromatic rings. The average Bonchev–Trinajstić information content (AvgIpc) is 2.75. The maximum Gasteiger partial charge on any atom is 0.129 e. The number of ether oxygens (including phenoxy) is 1. The van der Waals surface area contributed by atoms with E-state index in [1.54, 1.807) is 0 Å². The number of aryl methyl sites for hydroxylation is 1. The van der Waals surface area contributed by atoms with E-state index in [-0.39, 0.29) is 0 Å². The number of hydrogen-bond acceptors (Lipinski definition) is 1. The highest BCUT2D eigenvalue weighted by Crippen LogP contribution is 2.29. The molecule has 2 N–H and O–H groups in total. The van der Waals surface area contributed by atoms with E-state index >= 15 is 0 Å². The molecule has 29 heavy (non-hydrogen) atoms. The van der Waals surface area contributed by atoms with Gasteiger partial charge in [-0.3, -0.25) is 0 Å². The third-order valence-electron chi connectivity index (χ3n) is 5.19. The number of quaternary nitrogens is 1. The summed E-state index contributed by atoms with van der Waals surface area (Å²) in [6.07, 6.45) is 0. The van der Waals surface area contributed by atoms with Gasteiger partial charge in [-0.05, 0) is 29.8 Å². The molecular weight excluding hydrogens is 378 g/mol. The van der Waals surface area contributed by atoms with E-state index in [2.05, 4.69) is 72.9 Å². The Kier molecular flexibility index (Phi) is 6.14. The molecule has 0 bridgehead atoms. The summed E-state index contributed by atoms with van der Waals surface area (Å²) in [6.45, 7) is 4.37. The van der Waals surface area contributed by atoms with Gasteiger partial charge >= 0.3 is 0 Å². The Morgan fingerprint density at radius 3 is 2.38 bits per heavy atom. The normalized spacial score (nSPS) is 11.0. The van der Waals surface area contributed by atoms with Gasteiger partial charge in [0.15, 0.2) is 0 Å². The quantitative estimate of drug-likeness (QED) is 0.425. The molecule has 4 rings (SSSR count). The van der Waals surface area contributed by atoms with Gasteiger partial charge in [-0.25, -0.2) is 0 Å². The minimum Gasteiger partial charge on any atom is -0.488 e. The number of fused-ring (bicyclic) bond motifs is 1. The van der Waals surface area contributed by atoms with Crippen LogP contribution < -0.4 is 10.1 Å². The predicted molar refractivity (Wildman–Crippen MR) is 120 cm³/mol. The maximum atomic E-state index is 6.30. The van der Waals surface area contributed by atoms with Crippen molar-refractivity contribution in [3.05, 3.63) is 112 Å². The number of hydrogen-bond donors (Lipinski definition) is 1. The van der Waals surface area contributed by atoms with Crippen molar-refractivity contribution >= 4 is 22.4 Å². The third-order valence-corrected chi connectivity index (χ3v) is 5.56. The van der Waals surface area contributed by atoms with E-state index in [1.165, 1.54) is 27.5 Å².